The number of allylic oxidation sites excluding steroid dienone is 1. The molecular weight excluding hydrogens is 529 g/mol. The number of ether oxygens (including phenoxy) is 1. The predicted octanol–water partition coefficient (Wildman–Crippen LogP) is 6.24. The molecule has 3 rings (SSSR count). The number of nitrogens with one attached hydrogen (secondary N) is 1. The zero-order valence-electron chi connectivity index (χ0n) is 22.8. The summed E-state index contributed by atoms with van der Waals surface area (Å²) in [5.74, 6) is -0.911. The molecule has 1 saturated carbocycles. The summed E-state index contributed by atoms with van der Waals surface area (Å²) in [7, 11) is 0. The molecule has 8 nitrogen and oxygen atoms in total. The molecule has 1 aliphatic rings. The summed E-state index contributed by atoms with van der Waals surface area (Å²) in [5, 5.41) is 5.68. The van der Waals surface area contributed by atoms with Crippen LogP contribution in [0.4, 0.5) is 4.39 Å². The van der Waals surface area contributed by atoms with Gasteiger partial charge in [0.2, 0.25) is 0 Å². The van der Waals surface area contributed by atoms with Crippen LogP contribution < -0.4 is 15.8 Å². The van der Waals surface area contributed by atoms with E-state index in [0.717, 1.165) is 0 Å². The fraction of sp³-hybridized carbons (Fsp3) is 0.481. The number of benzene rings is 1. The van der Waals surface area contributed by atoms with Gasteiger partial charge in [-0.2, -0.15) is 4.91 Å². The summed E-state index contributed by atoms with van der Waals surface area (Å²) in [4.78, 5) is 29.3. The lowest BCUT2D eigenvalue weighted by atomic mass is 9.74. The number of imidazole rings is 1. The van der Waals surface area contributed by atoms with Gasteiger partial charge in [0.25, 0.3) is 5.91 Å². The van der Waals surface area contributed by atoms with Crippen molar-refractivity contribution in [3.8, 4) is 5.75 Å². The van der Waals surface area contributed by atoms with Gasteiger partial charge in [0.1, 0.15) is 17.1 Å². The Morgan fingerprint density at radius 3 is 2.63 bits per heavy atom. The minimum Gasteiger partial charge on any atom is -0.490 e. The number of carbonyl (C=O) groups excluding carboxylic acids is 1. The van der Waals surface area contributed by atoms with Crippen LogP contribution in [0.2, 0.25) is 5.02 Å². The number of hydrogen-bond donors (Lipinski definition) is 2. The number of aryl methyl sites for hydroxylation is 1. The Labute approximate surface area is 232 Å². The zero-order valence-corrected chi connectivity index (χ0v) is 24.4. The first kappa shape index (κ1) is 29.7. The van der Waals surface area contributed by atoms with Gasteiger partial charge in [0.15, 0.2) is 5.82 Å². The fourth-order valence-corrected chi connectivity index (χ4v) is 5.81. The Morgan fingerprint density at radius 1 is 1.50 bits per heavy atom. The highest BCUT2D eigenvalue weighted by atomic mass is 35.5. The Balaban J connectivity index is 2.30. The molecule has 1 aromatic carbocycles. The molecule has 1 atom stereocenters. The average molecular weight is 564 g/mol. The molecule has 1 fully saturated rings. The number of nitrogens with zero attached hydrogens (tertiary/aromatic N) is 3. The molecule has 0 saturated heterocycles. The predicted molar refractivity (Wildman–Crippen MR) is 153 cm³/mol. The lowest BCUT2D eigenvalue weighted by Gasteiger charge is -2.42. The average Bonchev–Trinajstić information content (AvgIpc) is 3.15. The van der Waals surface area contributed by atoms with Crippen molar-refractivity contribution in [3.05, 3.63) is 62.8 Å². The highest BCUT2D eigenvalue weighted by Crippen LogP contribution is 2.49. The number of rotatable bonds is 10. The molecule has 206 valence electrons. The van der Waals surface area contributed by atoms with Gasteiger partial charge < -0.3 is 20.4 Å². The van der Waals surface area contributed by atoms with E-state index in [9.17, 15) is 9.70 Å². The second kappa shape index (κ2) is 11.1. The van der Waals surface area contributed by atoms with Crippen molar-refractivity contribution in [1.29, 1.82) is 0 Å². The van der Waals surface area contributed by atoms with E-state index in [1.54, 1.807) is 20.8 Å². The van der Waals surface area contributed by atoms with Crippen molar-refractivity contribution >= 4 is 41.2 Å². The van der Waals surface area contributed by atoms with E-state index in [4.69, 9.17) is 27.1 Å². The largest absolute Gasteiger partial charge is 0.490 e. The van der Waals surface area contributed by atoms with Crippen LogP contribution >= 0.6 is 23.4 Å². The highest BCUT2D eigenvalue weighted by Gasteiger charge is 2.45. The van der Waals surface area contributed by atoms with Crippen molar-refractivity contribution < 1.29 is 13.9 Å². The third kappa shape index (κ3) is 5.33. The van der Waals surface area contributed by atoms with Gasteiger partial charge in [-0.15, -0.1) is 11.8 Å². The Kier molecular flexibility index (Phi) is 8.67. The second-order valence-electron chi connectivity index (χ2n) is 10.3. The summed E-state index contributed by atoms with van der Waals surface area (Å²) in [6.07, 6.45) is 5.91. The molecule has 38 heavy (non-hydrogen) atoms. The minimum atomic E-state index is -0.957. The van der Waals surface area contributed by atoms with E-state index in [1.807, 2.05) is 43.9 Å². The van der Waals surface area contributed by atoms with Crippen LogP contribution in [0.3, 0.4) is 0 Å². The van der Waals surface area contributed by atoms with E-state index in [2.05, 4.69) is 17.1 Å². The lowest BCUT2D eigenvalue weighted by molar-refractivity contribution is 0.0816. The molecule has 0 bridgehead atoms. The van der Waals surface area contributed by atoms with Gasteiger partial charge in [-0.3, -0.25) is 4.79 Å². The summed E-state index contributed by atoms with van der Waals surface area (Å²) in [6, 6.07) is 1.10. The maximum Gasteiger partial charge on any atom is 0.258 e. The van der Waals surface area contributed by atoms with Crippen molar-refractivity contribution in [2.45, 2.75) is 76.8 Å². The molecule has 1 aliphatic carbocycles. The van der Waals surface area contributed by atoms with Crippen molar-refractivity contribution in [1.82, 2.24) is 14.9 Å². The van der Waals surface area contributed by atoms with Crippen LogP contribution in [0.1, 0.15) is 80.6 Å². The molecule has 11 heteroatoms. The highest BCUT2D eigenvalue weighted by molar-refractivity contribution is 7.99. The minimum absolute atomic E-state index is 0.0741. The van der Waals surface area contributed by atoms with Crippen LogP contribution in [0.5, 0.6) is 5.75 Å². The van der Waals surface area contributed by atoms with Crippen molar-refractivity contribution in [2.24, 2.45) is 10.9 Å². The molecule has 1 heterocycles. The smallest absolute Gasteiger partial charge is 0.258 e. The Hall–Kier alpha value is -2.85. The molecule has 3 N–H and O–H groups in total. The number of thioether (sulfide) groups is 1. The summed E-state index contributed by atoms with van der Waals surface area (Å²) < 4.78 is 22.7. The van der Waals surface area contributed by atoms with Crippen LogP contribution in [0.25, 0.3) is 11.9 Å². The monoisotopic (exact) mass is 563 g/mol. The summed E-state index contributed by atoms with van der Waals surface area (Å²) in [6.45, 7) is 14.9. The normalized spacial score (nSPS) is 20.7. The standard InChI is InChI=1S/C27H35ClFN5O3S/c1-9-10-34-22(15(4)30)16(5)31-25(34)27(7,38-8)18-11-19(28)21(29)20(23(18)37-14(2)3)24(35)32-26(6)12-17(13-26)33-36/h9-11,14,17H,4,12-13,30H2,1-3,5-8H3,(H,32,35)/b10-9-. The summed E-state index contributed by atoms with van der Waals surface area (Å²) >= 11 is 7.86. The number of hydrogen-bond acceptors (Lipinski definition) is 7. The fourth-order valence-electron chi connectivity index (χ4n) is 4.90. The number of carbonyl (C=O) groups is 1. The third-order valence-corrected chi connectivity index (χ3v) is 8.22. The molecule has 2 aromatic rings. The number of aromatic nitrogens is 2. The molecule has 1 amide bonds. The second-order valence-corrected chi connectivity index (χ2v) is 11.9. The first-order chi connectivity index (χ1) is 17.7. The first-order valence-electron chi connectivity index (χ1n) is 12.3. The van der Waals surface area contributed by atoms with E-state index < -0.39 is 22.0 Å². The van der Waals surface area contributed by atoms with Crippen LogP contribution in [-0.4, -0.2) is 39.4 Å². The molecule has 1 unspecified atom stereocenters. The molecular formula is C27H35ClFN5O3S. The number of halogens is 2. The van der Waals surface area contributed by atoms with Crippen LogP contribution in [0.15, 0.2) is 23.9 Å². The van der Waals surface area contributed by atoms with Gasteiger partial charge in [0, 0.05) is 17.3 Å². The zero-order chi connectivity index (χ0) is 28.6. The first-order valence-corrected chi connectivity index (χ1v) is 13.9. The Morgan fingerprint density at radius 2 is 2.13 bits per heavy atom. The van der Waals surface area contributed by atoms with Crippen molar-refractivity contribution in [3.63, 3.8) is 0 Å². The van der Waals surface area contributed by atoms with Gasteiger partial charge >= 0.3 is 0 Å². The Bertz CT molecular complexity index is 1300. The number of nitrogens with two attached hydrogens (primary N) is 1. The van der Waals surface area contributed by atoms with Gasteiger partial charge in [-0.1, -0.05) is 29.4 Å². The summed E-state index contributed by atoms with van der Waals surface area (Å²) in [5.41, 5.74) is 7.25. The van der Waals surface area contributed by atoms with Gasteiger partial charge in [-0.05, 0) is 66.7 Å². The molecule has 0 aliphatic heterocycles. The quantitative estimate of drug-likeness (QED) is 0.331. The maximum absolute atomic E-state index is 15.6. The number of nitroso groups, excluding NO2 is 1. The van der Waals surface area contributed by atoms with Crippen LogP contribution in [0, 0.1) is 17.6 Å². The molecule has 1 aromatic heterocycles. The third-order valence-electron chi connectivity index (χ3n) is 6.73. The van der Waals surface area contributed by atoms with E-state index in [0.29, 0.717) is 41.3 Å². The number of amides is 1. The van der Waals surface area contributed by atoms with Crippen molar-refractivity contribution in [2.75, 3.05) is 6.26 Å². The lowest BCUT2D eigenvalue weighted by Crippen LogP contribution is -2.56. The SMILES string of the molecule is C=C(N)c1c(C)nc(C(C)(SC)c2cc(Cl)c(F)c(C(=O)NC3(C)CC(N=O)C3)c2OC(C)C)n1/C=C\C. The van der Waals surface area contributed by atoms with E-state index >= 15 is 4.39 Å². The van der Waals surface area contributed by atoms with E-state index in [1.165, 1.54) is 17.8 Å². The maximum atomic E-state index is 15.6. The topological polar surface area (TPSA) is 112 Å². The van der Waals surface area contributed by atoms with Gasteiger partial charge in [-0.25, -0.2) is 9.37 Å². The molecule has 0 radical (unpaired) electrons. The van der Waals surface area contributed by atoms with E-state index in [-0.39, 0.29) is 28.5 Å². The van der Waals surface area contributed by atoms with Crippen LogP contribution in [-0.2, 0) is 4.75 Å². The molecule has 0 spiro atoms. The van der Waals surface area contributed by atoms with Gasteiger partial charge in [0.05, 0.1) is 39.0 Å².